The summed E-state index contributed by atoms with van der Waals surface area (Å²) in [5.74, 6) is -0.361. The Bertz CT molecular complexity index is 1210. The number of hydrogen-bond donors (Lipinski definition) is 2. The maximum Gasteiger partial charge on any atom is 0.412 e. The first kappa shape index (κ1) is 22.8. The molecule has 1 aromatic carbocycles. The number of carbonyl (C=O) groups excluding carboxylic acids is 2. The highest BCUT2D eigenvalue weighted by molar-refractivity contribution is 5.93. The third-order valence-electron chi connectivity index (χ3n) is 4.27. The standard InChI is InChI=1S/C21H24N4O7/c1-11-13(24-20(28)32-21(2,3)4)7-8-14-16(11)17(27)31-19(23-14)25-18-22-12(10-30-18)6-9-15(26)29-5/h7-8,10H,6,9H2,1-5H3,(H,24,28)(H,22,23,25). The monoisotopic (exact) mass is 444 g/mol. The lowest BCUT2D eigenvalue weighted by Gasteiger charge is -2.20. The quantitative estimate of drug-likeness (QED) is 0.540. The summed E-state index contributed by atoms with van der Waals surface area (Å²) >= 11 is 0. The van der Waals surface area contributed by atoms with Crippen LogP contribution in [-0.4, -0.2) is 34.7 Å². The number of amides is 1. The van der Waals surface area contributed by atoms with Crippen molar-refractivity contribution in [1.82, 2.24) is 9.97 Å². The van der Waals surface area contributed by atoms with Gasteiger partial charge in [0, 0.05) is 12.1 Å². The number of aromatic nitrogens is 2. The van der Waals surface area contributed by atoms with Crippen molar-refractivity contribution in [2.75, 3.05) is 17.7 Å². The summed E-state index contributed by atoms with van der Waals surface area (Å²) in [6.45, 7) is 6.93. The Labute approximate surface area is 183 Å². The largest absolute Gasteiger partial charge is 0.469 e. The number of nitrogens with zero attached hydrogens (tertiary/aromatic N) is 2. The summed E-state index contributed by atoms with van der Waals surface area (Å²) in [6, 6.07) is 3.14. The lowest BCUT2D eigenvalue weighted by Crippen LogP contribution is -2.27. The van der Waals surface area contributed by atoms with Crippen LogP contribution in [0.2, 0.25) is 0 Å². The van der Waals surface area contributed by atoms with E-state index >= 15 is 0 Å². The van der Waals surface area contributed by atoms with Crippen LogP contribution in [0.5, 0.6) is 0 Å². The first-order valence-electron chi connectivity index (χ1n) is 9.78. The van der Waals surface area contributed by atoms with Crippen molar-refractivity contribution in [3.8, 4) is 0 Å². The molecule has 0 spiro atoms. The van der Waals surface area contributed by atoms with Crippen LogP contribution in [0.3, 0.4) is 0 Å². The summed E-state index contributed by atoms with van der Waals surface area (Å²) in [4.78, 5) is 44.3. The predicted molar refractivity (Wildman–Crippen MR) is 115 cm³/mol. The Kier molecular flexibility index (Phi) is 6.47. The summed E-state index contributed by atoms with van der Waals surface area (Å²) < 4.78 is 20.3. The van der Waals surface area contributed by atoms with E-state index in [1.165, 1.54) is 13.4 Å². The third kappa shape index (κ3) is 5.62. The average Bonchev–Trinajstić information content (AvgIpc) is 3.13. The predicted octanol–water partition coefficient (Wildman–Crippen LogP) is 3.68. The number of methoxy groups -OCH3 is 1. The Hall–Kier alpha value is -3.89. The Morgan fingerprint density at radius 2 is 1.91 bits per heavy atom. The third-order valence-corrected chi connectivity index (χ3v) is 4.27. The summed E-state index contributed by atoms with van der Waals surface area (Å²) in [5.41, 5.74) is 0.463. The molecular formula is C21H24N4O7. The minimum Gasteiger partial charge on any atom is -0.469 e. The van der Waals surface area contributed by atoms with E-state index in [2.05, 4.69) is 25.3 Å². The smallest absolute Gasteiger partial charge is 0.412 e. The fourth-order valence-electron chi connectivity index (χ4n) is 2.82. The van der Waals surface area contributed by atoms with Crippen LogP contribution in [0.25, 0.3) is 10.9 Å². The fourth-order valence-corrected chi connectivity index (χ4v) is 2.82. The Balaban J connectivity index is 1.79. The topological polar surface area (TPSA) is 146 Å². The molecule has 0 fully saturated rings. The van der Waals surface area contributed by atoms with Gasteiger partial charge < -0.3 is 18.3 Å². The first-order valence-corrected chi connectivity index (χ1v) is 9.78. The van der Waals surface area contributed by atoms with Gasteiger partial charge in [-0.05, 0) is 45.4 Å². The number of anilines is 3. The molecule has 170 valence electrons. The second-order valence-electron chi connectivity index (χ2n) is 7.91. The number of hydrogen-bond acceptors (Lipinski definition) is 10. The van der Waals surface area contributed by atoms with Gasteiger partial charge >= 0.3 is 29.7 Å². The minimum atomic E-state index is -0.658. The van der Waals surface area contributed by atoms with Crippen molar-refractivity contribution in [1.29, 1.82) is 0 Å². The lowest BCUT2D eigenvalue weighted by atomic mass is 10.1. The van der Waals surface area contributed by atoms with Crippen LogP contribution in [0.4, 0.5) is 22.5 Å². The fraction of sp³-hybridized carbons (Fsp3) is 0.381. The zero-order valence-corrected chi connectivity index (χ0v) is 18.4. The molecule has 3 rings (SSSR count). The van der Waals surface area contributed by atoms with Crippen molar-refractivity contribution < 1.29 is 27.9 Å². The summed E-state index contributed by atoms with van der Waals surface area (Å²) in [6.07, 6.45) is 1.23. The van der Waals surface area contributed by atoms with Crippen LogP contribution < -0.4 is 16.3 Å². The molecule has 0 aliphatic rings. The highest BCUT2D eigenvalue weighted by Gasteiger charge is 2.19. The molecule has 0 bridgehead atoms. The van der Waals surface area contributed by atoms with Gasteiger partial charge in [-0.1, -0.05) is 0 Å². The number of rotatable bonds is 6. The van der Waals surface area contributed by atoms with Crippen LogP contribution in [-0.2, 0) is 20.7 Å². The Morgan fingerprint density at radius 1 is 1.16 bits per heavy atom. The van der Waals surface area contributed by atoms with Crippen LogP contribution in [0.15, 0.2) is 32.0 Å². The van der Waals surface area contributed by atoms with Gasteiger partial charge in [0.2, 0.25) is 0 Å². The zero-order valence-electron chi connectivity index (χ0n) is 18.4. The molecule has 0 aliphatic heterocycles. The molecule has 0 radical (unpaired) electrons. The van der Waals surface area contributed by atoms with Gasteiger partial charge in [0.1, 0.15) is 11.9 Å². The Morgan fingerprint density at radius 3 is 2.59 bits per heavy atom. The highest BCUT2D eigenvalue weighted by atomic mass is 16.6. The lowest BCUT2D eigenvalue weighted by molar-refractivity contribution is -0.140. The van der Waals surface area contributed by atoms with Gasteiger partial charge in [-0.2, -0.15) is 9.97 Å². The van der Waals surface area contributed by atoms with Gasteiger partial charge in [0.15, 0.2) is 0 Å². The van der Waals surface area contributed by atoms with Crippen molar-refractivity contribution >= 4 is 40.7 Å². The second kappa shape index (κ2) is 9.08. The number of carbonyl (C=O) groups is 2. The molecule has 11 heteroatoms. The molecule has 0 aliphatic carbocycles. The van der Waals surface area contributed by atoms with Crippen molar-refractivity contribution in [3.05, 3.63) is 40.1 Å². The van der Waals surface area contributed by atoms with Crippen molar-refractivity contribution in [2.45, 2.75) is 46.1 Å². The molecule has 2 aromatic heterocycles. The van der Waals surface area contributed by atoms with E-state index < -0.39 is 17.3 Å². The van der Waals surface area contributed by atoms with Crippen molar-refractivity contribution in [3.63, 3.8) is 0 Å². The number of ether oxygens (including phenoxy) is 2. The zero-order chi connectivity index (χ0) is 23.5. The van der Waals surface area contributed by atoms with Crippen LogP contribution >= 0.6 is 0 Å². The number of nitrogens with one attached hydrogen (secondary N) is 2. The molecule has 0 atom stereocenters. The van der Waals surface area contributed by atoms with Crippen LogP contribution in [0, 0.1) is 6.92 Å². The molecule has 32 heavy (non-hydrogen) atoms. The van der Waals surface area contributed by atoms with E-state index in [-0.39, 0.29) is 29.8 Å². The SMILES string of the molecule is COC(=O)CCc1coc(Nc2nc3ccc(NC(=O)OC(C)(C)C)c(C)c3c(=O)o2)n1. The first-order chi connectivity index (χ1) is 15.1. The number of benzene rings is 1. The molecule has 2 N–H and O–H groups in total. The van der Waals surface area contributed by atoms with E-state index in [1.807, 2.05) is 0 Å². The molecule has 2 heterocycles. The molecule has 0 saturated heterocycles. The van der Waals surface area contributed by atoms with Gasteiger partial charge in [-0.25, -0.2) is 9.59 Å². The molecule has 0 saturated carbocycles. The average molecular weight is 444 g/mol. The van der Waals surface area contributed by atoms with Gasteiger partial charge in [-0.15, -0.1) is 0 Å². The second-order valence-corrected chi connectivity index (χ2v) is 7.91. The molecule has 3 aromatic rings. The van der Waals surface area contributed by atoms with Crippen LogP contribution in [0.1, 0.15) is 38.4 Å². The molecule has 1 amide bonds. The number of oxazole rings is 1. The van der Waals surface area contributed by atoms with Gasteiger partial charge in [-0.3, -0.25) is 15.4 Å². The maximum atomic E-state index is 12.6. The minimum absolute atomic E-state index is 0.0554. The molecular weight excluding hydrogens is 420 g/mol. The van der Waals surface area contributed by atoms with Gasteiger partial charge in [0.25, 0.3) is 0 Å². The maximum absolute atomic E-state index is 12.6. The van der Waals surface area contributed by atoms with Gasteiger partial charge in [0.05, 0.1) is 30.1 Å². The number of aryl methyl sites for hydroxylation is 2. The number of fused-ring (bicyclic) bond motifs is 1. The molecule has 11 nitrogen and oxygen atoms in total. The highest BCUT2D eigenvalue weighted by Crippen LogP contribution is 2.24. The normalized spacial score (nSPS) is 11.3. The number of esters is 1. The van der Waals surface area contributed by atoms with E-state index in [4.69, 9.17) is 13.6 Å². The van der Waals surface area contributed by atoms with E-state index in [0.29, 0.717) is 28.9 Å². The summed E-state index contributed by atoms with van der Waals surface area (Å²) in [5, 5.41) is 5.53. The van der Waals surface area contributed by atoms with E-state index in [0.717, 1.165) is 0 Å². The van der Waals surface area contributed by atoms with Crippen molar-refractivity contribution in [2.24, 2.45) is 0 Å². The summed E-state index contributed by atoms with van der Waals surface area (Å²) in [7, 11) is 1.31. The molecule has 0 unspecified atom stereocenters. The van der Waals surface area contributed by atoms with E-state index in [9.17, 15) is 14.4 Å². The van der Waals surface area contributed by atoms with E-state index in [1.54, 1.807) is 39.8 Å².